The first-order valence-corrected chi connectivity index (χ1v) is 8.42. The predicted octanol–water partition coefficient (Wildman–Crippen LogP) is 3.31. The van der Waals surface area contributed by atoms with Crippen LogP contribution in [-0.2, 0) is 11.0 Å². The molecule has 0 aliphatic carbocycles. The highest BCUT2D eigenvalue weighted by Crippen LogP contribution is 2.37. The first kappa shape index (κ1) is 13.2. The van der Waals surface area contributed by atoms with Gasteiger partial charge in [-0.05, 0) is 30.3 Å². The standard InChI is InChI=1S/C12H21NO2Si/c1-12(2,3)16(4,5)15-9-10-11(14)7-6-8-13-10/h6-8,14H,9H2,1-5H3. The minimum absolute atomic E-state index is 0.178. The van der Waals surface area contributed by atoms with E-state index in [-0.39, 0.29) is 10.8 Å². The largest absolute Gasteiger partial charge is 0.506 e. The fourth-order valence-electron chi connectivity index (χ4n) is 1.01. The maximum Gasteiger partial charge on any atom is 0.192 e. The molecule has 1 rings (SSSR count). The molecule has 4 heteroatoms. The molecule has 0 aliphatic heterocycles. The van der Waals surface area contributed by atoms with Crippen molar-refractivity contribution < 1.29 is 9.53 Å². The molecule has 0 spiro atoms. The summed E-state index contributed by atoms with van der Waals surface area (Å²) in [6.45, 7) is 11.3. The minimum atomic E-state index is -1.76. The van der Waals surface area contributed by atoms with Gasteiger partial charge in [0.15, 0.2) is 8.32 Å². The molecule has 0 radical (unpaired) electrons. The van der Waals surface area contributed by atoms with Gasteiger partial charge in [-0.1, -0.05) is 20.8 Å². The topological polar surface area (TPSA) is 42.4 Å². The first-order chi connectivity index (χ1) is 7.24. The molecular formula is C12H21NO2Si. The van der Waals surface area contributed by atoms with Crippen molar-refractivity contribution in [2.24, 2.45) is 0 Å². The van der Waals surface area contributed by atoms with Crippen LogP contribution in [0.5, 0.6) is 5.75 Å². The van der Waals surface area contributed by atoms with E-state index in [0.29, 0.717) is 12.3 Å². The molecule has 0 saturated carbocycles. The van der Waals surface area contributed by atoms with Gasteiger partial charge in [-0.25, -0.2) is 0 Å². The fraction of sp³-hybridized carbons (Fsp3) is 0.583. The van der Waals surface area contributed by atoms with Crippen molar-refractivity contribution in [3.63, 3.8) is 0 Å². The number of hydrogen-bond donors (Lipinski definition) is 1. The fourth-order valence-corrected chi connectivity index (χ4v) is 1.94. The van der Waals surface area contributed by atoms with Crippen LogP contribution in [0.2, 0.25) is 18.1 Å². The third-order valence-electron chi connectivity index (χ3n) is 3.24. The second kappa shape index (κ2) is 4.55. The van der Waals surface area contributed by atoms with Crippen molar-refractivity contribution in [3.8, 4) is 5.75 Å². The molecule has 0 saturated heterocycles. The summed E-state index contributed by atoms with van der Waals surface area (Å²) in [7, 11) is -1.76. The van der Waals surface area contributed by atoms with Gasteiger partial charge in [0.05, 0.1) is 6.61 Å². The van der Waals surface area contributed by atoms with Gasteiger partial charge in [-0.15, -0.1) is 0 Å². The van der Waals surface area contributed by atoms with Crippen LogP contribution < -0.4 is 0 Å². The molecule has 0 atom stereocenters. The lowest BCUT2D eigenvalue weighted by atomic mass is 10.2. The zero-order valence-corrected chi connectivity index (χ0v) is 11.7. The number of pyridine rings is 1. The van der Waals surface area contributed by atoms with Gasteiger partial charge in [0, 0.05) is 6.20 Å². The van der Waals surface area contributed by atoms with Crippen LogP contribution in [0.1, 0.15) is 26.5 Å². The van der Waals surface area contributed by atoms with Crippen LogP contribution in [0.4, 0.5) is 0 Å². The maximum absolute atomic E-state index is 9.58. The minimum Gasteiger partial charge on any atom is -0.506 e. The Bertz CT molecular complexity index is 358. The third-order valence-corrected chi connectivity index (χ3v) is 7.72. The molecule has 90 valence electrons. The Hall–Kier alpha value is -0.873. The second-order valence-corrected chi connectivity index (χ2v) is 10.3. The van der Waals surface area contributed by atoms with Crippen molar-refractivity contribution in [1.29, 1.82) is 0 Å². The molecule has 3 nitrogen and oxygen atoms in total. The van der Waals surface area contributed by atoms with E-state index in [2.05, 4.69) is 38.8 Å². The van der Waals surface area contributed by atoms with Crippen molar-refractivity contribution in [3.05, 3.63) is 24.0 Å². The van der Waals surface area contributed by atoms with Crippen molar-refractivity contribution in [2.75, 3.05) is 0 Å². The number of rotatable bonds is 3. The number of nitrogens with zero attached hydrogens (tertiary/aromatic N) is 1. The predicted molar refractivity (Wildman–Crippen MR) is 67.9 cm³/mol. The Balaban J connectivity index is 2.69. The molecule has 1 N–H and O–H groups in total. The number of aromatic nitrogens is 1. The zero-order valence-electron chi connectivity index (χ0n) is 10.7. The molecule has 1 aromatic heterocycles. The van der Waals surface area contributed by atoms with Gasteiger partial charge in [-0.3, -0.25) is 4.98 Å². The third kappa shape index (κ3) is 3.06. The lowest BCUT2D eigenvalue weighted by Crippen LogP contribution is -2.40. The van der Waals surface area contributed by atoms with Gasteiger partial charge < -0.3 is 9.53 Å². The Morgan fingerprint density at radius 3 is 2.50 bits per heavy atom. The summed E-state index contributed by atoms with van der Waals surface area (Å²) in [4.78, 5) is 4.11. The molecule has 0 amide bonds. The molecule has 1 aromatic rings. The molecule has 0 fully saturated rings. The molecule has 0 aliphatic rings. The molecule has 1 heterocycles. The average Bonchev–Trinajstić information content (AvgIpc) is 2.15. The van der Waals surface area contributed by atoms with E-state index in [0.717, 1.165) is 0 Å². The van der Waals surface area contributed by atoms with E-state index >= 15 is 0 Å². The lowest BCUT2D eigenvalue weighted by Gasteiger charge is -2.36. The normalized spacial score (nSPS) is 12.8. The quantitative estimate of drug-likeness (QED) is 0.823. The van der Waals surface area contributed by atoms with Crippen LogP contribution in [0.3, 0.4) is 0 Å². The summed E-state index contributed by atoms with van der Waals surface area (Å²) in [6, 6.07) is 3.35. The molecule has 16 heavy (non-hydrogen) atoms. The van der Waals surface area contributed by atoms with E-state index < -0.39 is 8.32 Å². The molecule has 0 bridgehead atoms. The summed E-state index contributed by atoms with van der Waals surface area (Å²) < 4.78 is 5.98. The Kier molecular flexibility index (Phi) is 3.75. The smallest absolute Gasteiger partial charge is 0.192 e. The average molecular weight is 239 g/mol. The summed E-state index contributed by atoms with van der Waals surface area (Å²) in [6.07, 6.45) is 1.67. The van der Waals surface area contributed by atoms with Crippen molar-refractivity contribution in [2.45, 2.75) is 45.5 Å². The van der Waals surface area contributed by atoms with E-state index in [1.165, 1.54) is 0 Å². The van der Waals surface area contributed by atoms with Gasteiger partial charge in [0.25, 0.3) is 0 Å². The monoisotopic (exact) mass is 239 g/mol. The maximum atomic E-state index is 9.58. The molecular weight excluding hydrogens is 218 g/mol. The van der Waals surface area contributed by atoms with Gasteiger partial charge in [-0.2, -0.15) is 0 Å². The first-order valence-electron chi connectivity index (χ1n) is 5.51. The Morgan fingerprint density at radius 2 is 2.00 bits per heavy atom. The summed E-state index contributed by atoms with van der Waals surface area (Å²) >= 11 is 0. The molecule has 0 unspecified atom stereocenters. The van der Waals surface area contributed by atoms with Crippen LogP contribution in [0.15, 0.2) is 18.3 Å². The summed E-state index contributed by atoms with van der Waals surface area (Å²) in [5, 5.41) is 9.76. The van der Waals surface area contributed by atoms with E-state index in [1.54, 1.807) is 18.3 Å². The van der Waals surface area contributed by atoms with Crippen LogP contribution in [-0.4, -0.2) is 18.4 Å². The van der Waals surface area contributed by atoms with Gasteiger partial charge in [0.2, 0.25) is 0 Å². The number of hydrogen-bond acceptors (Lipinski definition) is 3. The molecule has 0 aromatic carbocycles. The Morgan fingerprint density at radius 1 is 1.38 bits per heavy atom. The van der Waals surface area contributed by atoms with Crippen molar-refractivity contribution in [1.82, 2.24) is 4.98 Å². The van der Waals surface area contributed by atoms with E-state index in [1.807, 2.05) is 0 Å². The number of aromatic hydroxyl groups is 1. The van der Waals surface area contributed by atoms with E-state index in [4.69, 9.17) is 4.43 Å². The second-order valence-electron chi connectivity index (χ2n) is 5.52. The zero-order chi connectivity index (χ0) is 12.4. The highest BCUT2D eigenvalue weighted by atomic mass is 28.4. The van der Waals surface area contributed by atoms with Gasteiger partial charge in [0.1, 0.15) is 11.4 Å². The van der Waals surface area contributed by atoms with Crippen molar-refractivity contribution >= 4 is 8.32 Å². The van der Waals surface area contributed by atoms with Crippen LogP contribution in [0, 0.1) is 0 Å². The van der Waals surface area contributed by atoms with Gasteiger partial charge >= 0.3 is 0 Å². The SMILES string of the molecule is CC(C)(C)[Si](C)(C)OCc1ncccc1O. The highest BCUT2D eigenvalue weighted by Gasteiger charge is 2.37. The van der Waals surface area contributed by atoms with E-state index in [9.17, 15) is 5.11 Å². The highest BCUT2D eigenvalue weighted by molar-refractivity contribution is 6.74. The van der Waals surface area contributed by atoms with Crippen LogP contribution in [0.25, 0.3) is 0 Å². The Labute approximate surface area is 98.6 Å². The lowest BCUT2D eigenvalue weighted by molar-refractivity contribution is 0.266. The summed E-state index contributed by atoms with van der Waals surface area (Å²) in [5.41, 5.74) is 0.618. The summed E-state index contributed by atoms with van der Waals surface area (Å²) in [5.74, 6) is 0.209. The van der Waals surface area contributed by atoms with Crippen LogP contribution >= 0.6 is 0 Å².